The molecule has 3 N–H and O–H groups in total. The number of carbonyl (C=O) groups excluding carboxylic acids is 2. The van der Waals surface area contributed by atoms with E-state index in [1.54, 1.807) is 0 Å². The number of amides is 3. The molecule has 3 amide bonds. The molecule has 2 heterocycles. The molecule has 0 fully saturated rings. The first kappa shape index (κ1) is 13.1. The molecule has 0 unspecified atom stereocenters. The fourth-order valence-electron chi connectivity index (χ4n) is 1.79. The van der Waals surface area contributed by atoms with Crippen LogP contribution >= 0.6 is 0 Å². The predicted octanol–water partition coefficient (Wildman–Crippen LogP) is 0.933. The van der Waals surface area contributed by atoms with Gasteiger partial charge in [0.1, 0.15) is 6.54 Å². The average Bonchev–Trinajstić information content (AvgIpc) is 2.27. The summed E-state index contributed by atoms with van der Waals surface area (Å²) in [5.41, 5.74) is 3.70. The van der Waals surface area contributed by atoms with Crippen LogP contribution in [0, 0.1) is 0 Å². The third-order valence-electron chi connectivity index (χ3n) is 2.55. The summed E-state index contributed by atoms with van der Waals surface area (Å²) in [6, 6.07) is 0.593. The second-order valence-electron chi connectivity index (χ2n) is 3.94. The van der Waals surface area contributed by atoms with Crippen molar-refractivity contribution in [2.24, 2.45) is 5.73 Å². The van der Waals surface area contributed by atoms with Gasteiger partial charge in [-0.05, 0) is 6.07 Å². The van der Waals surface area contributed by atoms with Crippen molar-refractivity contribution in [1.82, 2.24) is 9.88 Å². The number of pyridine rings is 1. The summed E-state index contributed by atoms with van der Waals surface area (Å²) in [5, 5.41) is 2.27. The average molecular weight is 274 g/mol. The van der Waals surface area contributed by atoms with Crippen LogP contribution < -0.4 is 11.1 Å². The Morgan fingerprint density at radius 2 is 2.21 bits per heavy atom. The highest BCUT2D eigenvalue weighted by molar-refractivity contribution is 5.94. The van der Waals surface area contributed by atoms with E-state index < -0.39 is 30.4 Å². The second kappa shape index (κ2) is 4.41. The van der Waals surface area contributed by atoms with Crippen LogP contribution in [0.15, 0.2) is 12.3 Å². The first-order chi connectivity index (χ1) is 8.79. The van der Waals surface area contributed by atoms with Gasteiger partial charge in [-0.2, -0.15) is 13.2 Å². The van der Waals surface area contributed by atoms with Crippen LogP contribution in [-0.2, 0) is 17.5 Å². The number of nitrogens with one attached hydrogen (secondary N) is 1. The highest BCUT2D eigenvalue weighted by Gasteiger charge is 2.38. The largest absolute Gasteiger partial charge is 0.433 e. The van der Waals surface area contributed by atoms with Gasteiger partial charge < -0.3 is 16.0 Å². The van der Waals surface area contributed by atoms with Crippen molar-refractivity contribution >= 4 is 17.6 Å². The zero-order chi connectivity index (χ0) is 14.2. The highest BCUT2D eigenvalue weighted by atomic mass is 19.4. The number of primary amides is 1. The summed E-state index contributed by atoms with van der Waals surface area (Å²) in [7, 11) is 0. The minimum absolute atomic E-state index is 0.0352. The van der Waals surface area contributed by atoms with Gasteiger partial charge in [0, 0.05) is 11.8 Å². The predicted molar refractivity (Wildman–Crippen MR) is 57.9 cm³/mol. The minimum atomic E-state index is -4.63. The molecule has 6 nitrogen and oxygen atoms in total. The number of halogens is 3. The Morgan fingerprint density at radius 1 is 1.53 bits per heavy atom. The van der Waals surface area contributed by atoms with Crippen molar-refractivity contribution in [3.63, 3.8) is 0 Å². The third-order valence-corrected chi connectivity index (χ3v) is 2.55. The normalized spacial score (nSPS) is 14.9. The van der Waals surface area contributed by atoms with E-state index in [0.29, 0.717) is 0 Å². The quantitative estimate of drug-likeness (QED) is 0.841. The van der Waals surface area contributed by atoms with E-state index in [-0.39, 0.29) is 17.8 Å². The van der Waals surface area contributed by atoms with Crippen LogP contribution in [0.3, 0.4) is 0 Å². The summed E-state index contributed by atoms with van der Waals surface area (Å²) in [4.78, 5) is 26.5. The Bertz CT molecular complexity index is 544. The first-order valence-electron chi connectivity index (χ1n) is 5.18. The van der Waals surface area contributed by atoms with Gasteiger partial charge in [-0.3, -0.25) is 9.78 Å². The number of urea groups is 1. The number of alkyl halides is 3. The molecule has 1 aliphatic heterocycles. The van der Waals surface area contributed by atoms with Crippen LogP contribution in [0.5, 0.6) is 0 Å². The monoisotopic (exact) mass is 274 g/mol. The number of fused-ring (bicyclic) bond motifs is 1. The number of carbonyl (C=O) groups is 2. The topological polar surface area (TPSA) is 88.3 Å². The summed E-state index contributed by atoms with van der Waals surface area (Å²) >= 11 is 0. The van der Waals surface area contributed by atoms with E-state index in [1.807, 2.05) is 0 Å². The molecule has 0 saturated carbocycles. The zero-order valence-corrected chi connectivity index (χ0v) is 9.49. The summed E-state index contributed by atoms with van der Waals surface area (Å²) in [6.45, 7) is -0.829. The molecule has 2 rings (SSSR count). The van der Waals surface area contributed by atoms with Gasteiger partial charge in [0.05, 0.1) is 12.2 Å². The minimum Gasteiger partial charge on any atom is -0.368 e. The number of anilines is 1. The Labute approximate surface area is 105 Å². The molecular formula is C10H9F3N4O2. The fraction of sp³-hybridized carbons (Fsp3) is 0.300. The molecule has 0 saturated heterocycles. The molecule has 0 aromatic carbocycles. The number of aromatic nitrogens is 1. The van der Waals surface area contributed by atoms with Gasteiger partial charge in [-0.1, -0.05) is 0 Å². The highest BCUT2D eigenvalue weighted by Crippen LogP contribution is 2.35. The van der Waals surface area contributed by atoms with Gasteiger partial charge in [-0.25, -0.2) is 4.79 Å². The van der Waals surface area contributed by atoms with Crippen LogP contribution in [-0.4, -0.2) is 28.4 Å². The molecule has 9 heteroatoms. The Hall–Kier alpha value is -2.32. The van der Waals surface area contributed by atoms with E-state index in [4.69, 9.17) is 5.73 Å². The maximum Gasteiger partial charge on any atom is 0.433 e. The van der Waals surface area contributed by atoms with Crippen molar-refractivity contribution in [2.45, 2.75) is 12.7 Å². The van der Waals surface area contributed by atoms with Crippen molar-refractivity contribution < 1.29 is 22.8 Å². The SMILES string of the molecule is NC(=O)CN1Cc2c(ccnc2C(F)(F)F)NC1=O. The summed E-state index contributed by atoms with van der Waals surface area (Å²) in [5.74, 6) is -0.809. The van der Waals surface area contributed by atoms with Crippen LogP contribution in [0.25, 0.3) is 0 Å². The van der Waals surface area contributed by atoms with E-state index in [0.717, 1.165) is 11.1 Å². The Morgan fingerprint density at radius 3 is 2.79 bits per heavy atom. The Balaban J connectivity index is 2.41. The molecule has 102 valence electrons. The number of nitrogens with zero attached hydrogens (tertiary/aromatic N) is 2. The molecule has 0 aliphatic carbocycles. The molecule has 0 radical (unpaired) electrons. The summed E-state index contributed by atoms with van der Waals surface area (Å²) in [6.07, 6.45) is -3.67. The molecular weight excluding hydrogens is 265 g/mol. The van der Waals surface area contributed by atoms with E-state index in [2.05, 4.69) is 10.3 Å². The third kappa shape index (κ3) is 2.59. The van der Waals surface area contributed by atoms with Gasteiger partial charge in [0.2, 0.25) is 5.91 Å². The standard InChI is InChI=1S/C10H9F3N4O2/c11-10(12,13)8-5-3-17(4-7(14)18)9(19)16-6(5)1-2-15-8/h1-2H,3-4H2,(H2,14,18)(H,16,19). The lowest BCUT2D eigenvalue weighted by atomic mass is 10.1. The van der Waals surface area contributed by atoms with Gasteiger partial charge in [0.25, 0.3) is 0 Å². The van der Waals surface area contributed by atoms with Crippen LogP contribution in [0.2, 0.25) is 0 Å². The molecule has 1 aromatic heterocycles. The van der Waals surface area contributed by atoms with E-state index in [1.165, 1.54) is 6.07 Å². The fourth-order valence-corrected chi connectivity index (χ4v) is 1.79. The van der Waals surface area contributed by atoms with Crippen LogP contribution in [0.1, 0.15) is 11.3 Å². The van der Waals surface area contributed by atoms with Gasteiger partial charge >= 0.3 is 12.2 Å². The molecule has 1 aromatic rings. The maximum atomic E-state index is 12.8. The molecule has 0 bridgehead atoms. The molecule has 1 aliphatic rings. The summed E-state index contributed by atoms with van der Waals surface area (Å²) < 4.78 is 38.3. The number of rotatable bonds is 2. The van der Waals surface area contributed by atoms with Crippen molar-refractivity contribution in [2.75, 3.05) is 11.9 Å². The van der Waals surface area contributed by atoms with Crippen molar-refractivity contribution in [1.29, 1.82) is 0 Å². The number of nitrogens with two attached hydrogens (primary N) is 1. The maximum absolute atomic E-state index is 12.8. The lowest BCUT2D eigenvalue weighted by Gasteiger charge is -2.29. The molecule has 19 heavy (non-hydrogen) atoms. The smallest absolute Gasteiger partial charge is 0.368 e. The number of hydrogen-bond donors (Lipinski definition) is 2. The second-order valence-corrected chi connectivity index (χ2v) is 3.94. The molecule has 0 atom stereocenters. The van der Waals surface area contributed by atoms with Gasteiger partial charge in [0.15, 0.2) is 5.69 Å². The van der Waals surface area contributed by atoms with Crippen molar-refractivity contribution in [3.05, 3.63) is 23.5 Å². The van der Waals surface area contributed by atoms with Crippen LogP contribution in [0.4, 0.5) is 23.7 Å². The van der Waals surface area contributed by atoms with E-state index in [9.17, 15) is 22.8 Å². The first-order valence-corrected chi connectivity index (χ1v) is 5.18. The lowest BCUT2D eigenvalue weighted by molar-refractivity contribution is -0.142. The zero-order valence-electron chi connectivity index (χ0n) is 9.49. The molecule has 0 spiro atoms. The van der Waals surface area contributed by atoms with E-state index >= 15 is 0 Å². The Kier molecular flexibility index (Phi) is 3.05. The van der Waals surface area contributed by atoms with Crippen molar-refractivity contribution in [3.8, 4) is 0 Å². The number of hydrogen-bond acceptors (Lipinski definition) is 3. The van der Waals surface area contributed by atoms with Gasteiger partial charge in [-0.15, -0.1) is 0 Å². The lowest BCUT2D eigenvalue weighted by Crippen LogP contribution is -2.44.